The quantitative estimate of drug-likeness (QED) is 0.767. The molecule has 1 aromatic carbocycles. The van der Waals surface area contributed by atoms with Crippen LogP contribution in [0.3, 0.4) is 0 Å². The van der Waals surface area contributed by atoms with Gasteiger partial charge in [-0.05, 0) is 32.3 Å². The number of carbonyl (C=O) groups is 1. The summed E-state index contributed by atoms with van der Waals surface area (Å²) in [6.45, 7) is 2.00. The van der Waals surface area contributed by atoms with Gasteiger partial charge in [0.25, 0.3) is 0 Å². The van der Waals surface area contributed by atoms with Crippen molar-refractivity contribution in [2.45, 2.75) is 38.1 Å². The number of carbonyl (C=O) groups excluding carboxylic acids is 1. The van der Waals surface area contributed by atoms with Crippen molar-refractivity contribution in [1.29, 1.82) is 0 Å². The van der Waals surface area contributed by atoms with Crippen molar-refractivity contribution >= 4 is 5.78 Å². The Morgan fingerprint density at radius 3 is 2.73 bits per heavy atom. The van der Waals surface area contributed by atoms with Crippen LogP contribution in [0.4, 0.5) is 0 Å². The van der Waals surface area contributed by atoms with Crippen molar-refractivity contribution in [1.82, 2.24) is 0 Å². The van der Waals surface area contributed by atoms with Crippen molar-refractivity contribution in [2.24, 2.45) is 5.73 Å². The van der Waals surface area contributed by atoms with Gasteiger partial charge in [0.2, 0.25) is 0 Å². The van der Waals surface area contributed by atoms with E-state index < -0.39 is 0 Å². The third-order valence-electron chi connectivity index (χ3n) is 3.20. The SMILES string of the molecule is Cc1cccc(C(=O)CC2(N)CCC2)c1. The van der Waals surface area contributed by atoms with Crippen LogP contribution in [-0.4, -0.2) is 11.3 Å². The number of rotatable bonds is 3. The lowest BCUT2D eigenvalue weighted by atomic mass is 9.74. The molecule has 2 N–H and O–H groups in total. The Kier molecular flexibility index (Phi) is 2.61. The molecule has 2 nitrogen and oxygen atoms in total. The molecule has 15 heavy (non-hydrogen) atoms. The van der Waals surface area contributed by atoms with E-state index in [4.69, 9.17) is 5.73 Å². The molecule has 0 radical (unpaired) electrons. The first-order chi connectivity index (χ1) is 7.09. The molecular weight excluding hydrogens is 186 g/mol. The van der Waals surface area contributed by atoms with Crippen LogP contribution in [0.2, 0.25) is 0 Å². The molecule has 1 fully saturated rings. The second kappa shape index (κ2) is 3.78. The van der Waals surface area contributed by atoms with Crippen LogP contribution in [0, 0.1) is 6.92 Å². The van der Waals surface area contributed by atoms with Crippen LogP contribution in [0.1, 0.15) is 41.6 Å². The molecule has 0 unspecified atom stereocenters. The van der Waals surface area contributed by atoms with E-state index in [0.29, 0.717) is 6.42 Å². The maximum atomic E-state index is 11.9. The van der Waals surface area contributed by atoms with Crippen molar-refractivity contribution in [3.05, 3.63) is 35.4 Å². The van der Waals surface area contributed by atoms with Crippen LogP contribution in [-0.2, 0) is 0 Å². The molecule has 2 heteroatoms. The van der Waals surface area contributed by atoms with Crippen LogP contribution < -0.4 is 5.73 Å². The molecule has 0 atom stereocenters. The molecule has 0 aromatic heterocycles. The molecule has 0 amide bonds. The average molecular weight is 203 g/mol. The molecule has 1 aliphatic carbocycles. The monoisotopic (exact) mass is 203 g/mol. The number of benzene rings is 1. The van der Waals surface area contributed by atoms with Gasteiger partial charge in [0.1, 0.15) is 0 Å². The molecule has 1 saturated carbocycles. The summed E-state index contributed by atoms with van der Waals surface area (Å²) in [5.74, 6) is 0.181. The van der Waals surface area contributed by atoms with E-state index in [2.05, 4.69) is 0 Å². The highest BCUT2D eigenvalue weighted by molar-refractivity contribution is 5.97. The second-order valence-electron chi connectivity index (χ2n) is 4.69. The van der Waals surface area contributed by atoms with E-state index in [1.807, 2.05) is 31.2 Å². The van der Waals surface area contributed by atoms with Gasteiger partial charge < -0.3 is 5.73 Å². The maximum Gasteiger partial charge on any atom is 0.164 e. The lowest BCUT2D eigenvalue weighted by Crippen LogP contribution is -2.48. The molecule has 1 aromatic rings. The molecule has 0 bridgehead atoms. The summed E-state index contributed by atoms with van der Waals surface area (Å²) in [6.07, 6.45) is 3.64. The Bertz CT molecular complexity index is 380. The van der Waals surface area contributed by atoms with Gasteiger partial charge in [-0.3, -0.25) is 4.79 Å². The Labute approximate surface area is 90.5 Å². The lowest BCUT2D eigenvalue weighted by Gasteiger charge is -2.37. The van der Waals surface area contributed by atoms with Crippen molar-refractivity contribution < 1.29 is 4.79 Å². The molecule has 0 spiro atoms. The van der Waals surface area contributed by atoms with Gasteiger partial charge in [0.05, 0.1) is 0 Å². The molecule has 2 rings (SSSR count). The largest absolute Gasteiger partial charge is 0.325 e. The maximum absolute atomic E-state index is 11.9. The van der Waals surface area contributed by atoms with Crippen LogP contribution in [0.15, 0.2) is 24.3 Å². The minimum Gasteiger partial charge on any atom is -0.325 e. The zero-order chi connectivity index (χ0) is 10.9. The number of nitrogens with two attached hydrogens (primary N) is 1. The van der Waals surface area contributed by atoms with Crippen LogP contribution in [0.5, 0.6) is 0 Å². The molecule has 0 heterocycles. The standard InChI is InChI=1S/C13H17NO/c1-10-4-2-5-11(8-10)12(15)9-13(14)6-3-7-13/h2,4-5,8H,3,6-7,9,14H2,1H3. The highest BCUT2D eigenvalue weighted by Crippen LogP contribution is 2.33. The topological polar surface area (TPSA) is 43.1 Å². The first-order valence-electron chi connectivity index (χ1n) is 5.48. The fourth-order valence-electron chi connectivity index (χ4n) is 2.05. The minimum atomic E-state index is -0.208. The van der Waals surface area contributed by atoms with E-state index in [1.165, 1.54) is 0 Å². The predicted octanol–water partition coefficient (Wildman–Crippen LogP) is 2.45. The van der Waals surface area contributed by atoms with Crippen LogP contribution >= 0.6 is 0 Å². The van der Waals surface area contributed by atoms with Gasteiger partial charge in [0.15, 0.2) is 5.78 Å². The van der Waals surface area contributed by atoms with Gasteiger partial charge in [0, 0.05) is 17.5 Å². The van der Waals surface area contributed by atoms with Gasteiger partial charge in [-0.1, -0.05) is 23.8 Å². The first-order valence-corrected chi connectivity index (χ1v) is 5.48. The zero-order valence-corrected chi connectivity index (χ0v) is 9.12. The van der Waals surface area contributed by atoms with Gasteiger partial charge in [-0.25, -0.2) is 0 Å². The van der Waals surface area contributed by atoms with Crippen molar-refractivity contribution in [3.63, 3.8) is 0 Å². The Morgan fingerprint density at radius 1 is 1.47 bits per heavy atom. The average Bonchev–Trinajstić information content (AvgIpc) is 2.15. The smallest absolute Gasteiger partial charge is 0.164 e. The normalized spacial score (nSPS) is 18.3. The van der Waals surface area contributed by atoms with Gasteiger partial charge in [-0.15, -0.1) is 0 Å². The van der Waals surface area contributed by atoms with Crippen molar-refractivity contribution in [2.75, 3.05) is 0 Å². The molecular formula is C13H17NO. The Balaban J connectivity index is 2.08. The number of aryl methyl sites for hydroxylation is 1. The van der Waals surface area contributed by atoms with Crippen molar-refractivity contribution in [3.8, 4) is 0 Å². The molecule has 0 aliphatic heterocycles. The summed E-state index contributed by atoms with van der Waals surface area (Å²) in [7, 11) is 0. The van der Waals surface area contributed by atoms with E-state index in [-0.39, 0.29) is 11.3 Å². The fraction of sp³-hybridized carbons (Fsp3) is 0.462. The predicted molar refractivity (Wildman–Crippen MR) is 60.9 cm³/mol. The molecule has 0 saturated heterocycles. The highest BCUT2D eigenvalue weighted by Gasteiger charge is 2.34. The van der Waals surface area contributed by atoms with Gasteiger partial charge in [-0.2, -0.15) is 0 Å². The van der Waals surface area contributed by atoms with Crippen LogP contribution in [0.25, 0.3) is 0 Å². The fourth-order valence-corrected chi connectivity index (χ4v) is 2.05. The number of hydrogen-bond donors (Lipinski definition) is 1. The van der Waals surface area contributed by atoms with E-state index in [1.54, 1.807) is 0 Å². The lowest BCUT2D eigenvalue weighted by molar-refractivity contribution is 0.0912. The zero-order valence-electron chi connectivity index (χ0n) is 9.12. The van der Waals surface area contributed by atoms with E-state index >= 15 is 0 Å². The number of Topliss-reactive ketones (excluding diaryl/α,β-unsaturated/α-hetero) is 1. The van der Waals surface area contributed by atoms with E-state index in [9.17, 15) is 4.79 Å². The number of ketones is 1. The highest BCUT2D eigenvalue weighted by atomic mass is 16.1. The summed E-state index contributed by atoms with van der Waals surface area (Å²) < 4.78 is 0. The summed E-state index contributed by atoms with van der Waals surface area (Å²) >= 11 is 0. The molecule has 1 aliphatic rings. The van der Waals surface area contributed by atoms with Gasteiger partial charge >= 0.3 is 0 Å². The number of hydrogen-bond acceptors (Lipinski definition) is 2. The summed E-state index contributed by atoms with van der Waals surface area (Å²) in [4.78, 5) is 11.9. The summed E-state index contributed by atoms with van der Waals surface area (Å²) in [5.41, 5.74) is 7.77. The molecule has 80 valence electrons. The first kappa shape index (κ1) is 10.4. The van der Waals surface area contributed by atoms with E-state index in [0.717, 1.165) is 30.4 Å². The third kappa shape index (κ3) is 2.26. The summed E-state index contributed by atoms with van der Waals surface area (Å²) in [5, 5.41) is 0. The Hall–Kier alpha value is -1.15. The second-order valence-corrected chi connectivity index (χ2v) is 4.69. The third-order valence-corrected chi connectivity index (χ3v) is 3.20. The Morgan fingerprint density at radius 2 is 2.20 bits per heavy atom. The summed E-state index contributed by atoms with van der Waals surface area (Å²) in [6, 6.07) is 7.73. The minimum absolute atomic E-state index is 0.181.